The summed E-state index contributed by atoms with van der Waals surface area (Å²) in [6, 6.07) is 2.07. The molecule has 0 fully saturated rings. The molecule has 0 spiro atoms. The number of hydrogen-bond donors (Lipinski definition) is 2. The van der Waals surface area contributed by atoms with Gasteiger partial charge in [0.05, 0.1) is 24.7 Å². The molecule has 10 heteroatoms. The van der Waals surface area contributed by atoms with Gasteiger partial charge in [0.25, 0.3) is 0 Å². The van der Waals surface area contributed by atoms with Crippen LogP contribution in [0.5, 0.6) is 0 Å². The third-order valence-electron chi connectivity index (χ3n) is 3.30. The number of guanidine groups is 1. The maximum atomic E-state index is 11.0. The number of aromatic nitrogens is 2. The number of aliphatic imine (C=N–C) groups is 1. The Morgan fingerprint density at radius 3 is 2.52 bits per heavy atom. The SMILES string of the molecule is CN=C(NCCCn1nc(C)cc1C)NCCOCCS(C)(=O)=O.I. The topological polar surface area (TPSA) is 97.6 Å². The second-order valence-corrected chi connectivity index (χ2v) is 7.93. The molecule has 0 aromatic carbocycles. The first-order chi connectivity index (χ1) is 11.3. The van der Waals surface area contributed by atoms with Crippen molar-refractivity contribution in [2.75, 3.05) is 45.4 Å². The van der Waals surface area contributed by atoms with E-state index < -0.39 is 9.84 Å². The fraction of sp³-hybridized carbons (Fsp3) is 0.733. The number of sulfone groups is 1. The minimum absolute atomic E-state index is 0. The van der Waals surface area contributed by atoms with E-state index in [1.54, 1.807) is 7.05 Å². The van der Waals surface area contributed by atoms with Crippen LogP contribution in [0.3, 0.4) is 0 Å². The van der Waals surface area contributed by atoms with Gasteiger partial charge in [0.1, 0.15) is 9.84 Å². The summed E-state index contributed by atoms with van der Waals surface area (Å²) in [5.41, 5.74) is 2.20. The Balaban J connectivity index is 0.00000576. The fourth-order valence-corrected chi connectivity index (χ4v) is 2.53. The summed E-state index contributed by atoms with van der Waals surface area (Å²) in [7, 11) is -1.25. The molecule has 0 atom stereocenters. The molecule has 2 N–H and O–H groups in total. The van der Waals surface area contributed by atoms with Gasteiger partial charge in [-0.15, -0.1) is 24.0 Å². The molecule has 146 valence electrons. The quantitative estimate of drug-likeness (QED) is 0.219. The first-order valence-electron chi connectivity index (χ1n) is 8.03. The third-order valence-corrected chi connectivity index (χ3v) is 4.21. The van der Waals surface area contributed by atoms with Crippen molar-refractivity contribution in [3.05, 3.63) is 17.5 Å². The van der Waals surface area contributed by atoms with Crippen molar-refractivity contribution < 1.29 is 13.2 Å². The van der Waals surface area contributed by atoms with Crippen LogP contribution in [0.4, 0.5) is 0 Å². The Kier molecular flexibility index (Phi) is 12.0. The zero-order chi connectivity index (χ0) is 18.0. The van der Waals surface area contributed by atoms with Gasteiger partial charge in [-0.1, -0.05) is 0 Å². The van der Waals surface area contributed by atoms with Crippen molar-refractivity contribution in [1.82, 2.24) is 20.4 Å². The average molecular weight is 487 g/mol. The van der Waals surface area contributed by atoms with Crippen LogP contribution in [-0.2, 0) is 21.1 Å². The Bertz CT molecular complexity index is 631. The van der Waals surface area contributed by atoms with Crippen molar-refractivity contribution in [1.29, 1.82) is 0 Å². The standard InChI is InChI=1S/C15H29N5O3S.HI/c1-13-12-14(2)20(19-13)8-5-6-17-15(16-3)18-7-9-23-10-11-24(4,21)22;/h12H,5-11H2,1-4H3,(H2,16,17,18);1H. The second-order valence-electron chi connectivity index (χ2n) is 5.67. The van der Waals surface area contributed by atoms with E-state index in [1.165, 1.54) is 11.9 Å². The summed E-state index contributed by atoms with van der Waals surface area (Å²) in [5.74, 6) is 0.752. The van der Waals surface area contributed by atoms with Crippen molar-refractivity contribution in [3.63, 3.8) is 0 Å². The van der Waals surface area contributed by atoms with Gasteiger partial charge in [0, 0.05) is 38.6 Å². The Morgan fingerprint density at radius 1 is 1.28 bits per heavy atom. The molecule has 8 nitrogen and oxygen atoms in total. The minimum Gasteiger partial charge on any atom is -0.379 e. The van der Waals surface area contributed by atoms with Gasteiger partial charge in [-0.2, -0.15) is 5.10 Å². The molecule has 0 aliphatic rings. The molecule has 0 saturated carbocycles. The lowest BCUT2D eigenvalue weighted by molar-refractivity contribution is 0.154. The van der Waals surface area contributed by atoms with E-state index >= 15 is 0 Å². The average Bonchev–Trinajstić information content (AvgIpc) is 2.81. The second kappa shape index (κ2) is 12.5. The van der Waals surface area contributed by atoms with Crippen LogP contribution < -0.4 is 10.6 Å². The summed E-state index contributed by atoms with van der Waals surface area (Å²) >= 11 is 0. The molecular weight excluding hydrogens is 457 g/mol. The summed E-state index contributed by atoms with van der Waals surface area (Å²) in [6.45, 7) is 6.91. The molecular formula is C15H30IN5O3S. The highest BCUT2D eigenvalue weighted by Gasteiger charge is 2.02. The molecule has 0 radical (unpaired) electrons. The Hall–Kier alpha value is -0.880. The predicted molar refractivity (Wildman–Crippen MR) is 112 cm³/mol. The van der Waals surface area contributed by atoms with Gasteiger partial charge in [0.2, 0.25) is 0 Å². The molecule has 0 bridgehead atoms. The first kappa shape index (κ1) is 24.1. The number of nitrogens with zero attached hydrogens (tertiary/aromatic N) is 3. The molecule has 0 aliphatic heterocycles. The Labute approximate surface area is 167 Å². The van der Waals surface area contributed by atoms with Crippen LogP contribution in [-0.4, -0.2) is 69.5 Å². The van der Waals surface area contributed by atoms with Gasteiger partial charge < -0.3 is 15.4 Å². The molecule has 25 heavy (non-hydrogen) atoms. The van der Waals surface area contributed by atoms with E-state index in [0.29, 0.717) is 19.1 Å². The van der Waals surface area contributed by atoms with Crippen LogP contribution in [0.2, 0.25) is 0 Å². The number of rotatable bonds is 10. The number of aryl methyl sites for hydroxylation is 3. The number of hydrogen-bond acceptors (Lipinski definition) is 5. The normalized spacial score (nSPS) is 11.9. The van der Waals surface area contributed by atoms with E-state index in [9.17, 15) is 8.42 Å². The molecule has 1 aromatic heterocycles. The monoisotopic (exact) mass is 487 g/mol. The van der Waals surface area contributed by atoms with E-state index in [-0.39, 0.29) is 36.3 Å². The molecule has 1 rings (SSSR count). The molecule has 0 amide bonds. The summed E-state index contributed by atoms with van der Waals surface area (Å²) < 4.78 is 29.2. The molecule has 0 unspecified atom stereocenters. The van der Waals surface area contributed by atoms with Crippen molar-refractivity contribution >= 4 is 39.8 Å². The van der Waals surface area contributed by atoms with E-state index in [4.69, 9.17) is 4.74 Å². The zero-order valence-electron chi connectivity index (χ0n) is 15.4. The summed E-state index contributed by atoms with van der Waals surface area (Å²) in [5, 5.41) is 10.8. The predicted octanol–water partition coefficient (Wildman–Crippen LogP) is 0.734. The zero-order valence-corrected chi connectivity index (χ0v) is 18.6. The third kappa shape index (κ3) is 11.4. The van der Waals surface area contributed by atoms with Crippen LogP contribution in [0.1, 0.15) is 17.8 Å². The number of ether oxygens (including phenoxy) is 1. The minimum atomic E-state index is -2.96. The van der Waals surface area contributed by atoms with Gasteiger partial charge >= 0.3 is 0 Å². The maximum absolute atomic E-state index is 11.0. The van der Waals surface area contributed by atoms with Crippen molar-refractivity contribution in [3.8, 4) is 0 Å². The van der Waals surface area contributed by atoms with Crippen LogP contribution in [0.15, 0.2) is 11.1 Å². The number of nitrogens with one attached hydrogen (secondary N) is 2. The van der Waals surface area contributed by atoms with Crippen LogP contribution in [0.25, 0.3) is 0 Å². The lowest BCUT2D eigenvalue weighted by Gasteiger charge is -2.12. The van der Waals surface area contributed by atoms with Gasteiger partial charge in [-0.25, -0.2) is 8.42 Å². The highest BCUT2D eigenvalue weighted by Crippen LogP contribution is 2.02. The number of halogens is 1. The lowest BCUT2D eigenvalue weighted by atomic mass is 10.4. The smallest absolute Gasteiger partial charge is 0.191 e. The molecule has 1 aromatic rings. The summed E-state index contributed by atoms with van der Waals surface area (Å²) in [6.07, 6.45) is 2.14. The molecule has 0 saturated heterocycles. The van der Waals surface area contributed by atoms with Crippen molar-refractivity contribution in [2.24, 2.45) is 4.99 Å². The largest absolute Gasteiger partial charge is 0.379 e. The highest BCUT2D eigenvalue weighted by atomic mass is 127. The first-order valence-corrected chi connectivity index (χ1v) is 10.1. The van der Waals surface area contributed by atoms with E-state index in [0.717, 1.165) is 25.2 Å². The van der Waals surface area contributed by atoms with Crippen LogP contribution in [0, 0.1) is 13.8 Å². The van der Waals surface area contributed by atoms with Gasteiger partial charge in [0.15, 0.2) is 5.96 Å². The lowest BCUT2D eigenvalue weighted by Crippen LogP contribution is -2.39. The van der Waals surface area contributed by atoms with E-state index in [1.807, 2.05) is 11.6 Å². The van der Waals surface area contributed by atoms with Crippen molar-refractivity contribution in [2.45, 2.75) is 26.8 Å². The van der Waals surface area contributed by atoms with Gasteiger partial charge in [-0.05, 0) is 26.3 Å². The van der Waals surface area contributed by atoms with Gasteiger partial charge in [-0.3, -0.25) is 9.67 Å². The molecule has 0 aliphatic carbocycles. The van der Waals surface area contributed by atoms with Crippen LogP contribution >= 0.6 is 24.0 Å². The van der Waals surface area contributed by atoms with E-state index in [2.05, 4.69) is 33.7 Å². The summed E-state index contributed by atoms with van der Waals surface area (Å²) in [4.78, 5) is 4.13. The highest BCUT2D eigenvalue weighted by molar-refractivity contribution is 14.0. The molecule has 1 heterocycles. The maximum Gasteiger partial charge on any atom is 0.191 e. The fourth-order valence-electron chi connectivity index (χ4n) is 2.11. The Morgan fingerprint density at radius 2 is 1.96 bits per heavy atom.